The molecule has 4 rings (SSSR count). The van der Waals surface area contributed by atoms with Crippen LogP contribution in [0.3, 0.4) is 0 Å². The van der Waals surface area contributed by atoms with E-state index in [2.05, 4.69) is 28.9 Å². The third-order valence-electron chi connectivity index (χ3n) is 5.52. The molecule has 0 unspecified atom stereocenters. The number of nitrogens with zero attached hydrogens (tertiary/aromatic N) is 3. The number of methoxy groups -OCH3 is 1. The van der Waals surface area contributed by atoms with Crippen LogP contribution in [-0.4, -0.2) is 61.4 Å². The molecule has 0 aliphatic carbocycles. The Labute approximate surface area is 165 Å². The van der Waals surface area contributed by atoms with Gasteiger partial charge in [0.25, 0.3) is 5.78 Å². The number of rotatable bonds is 5. The number of carbonyl (C=O) groups excluding carboxylic acids is 2. The van der Waals surface area contributed by atoms with E-state index < -0.39 is 11.7 Å². The largest absolute Gasteiger partial charge is 0.496 e. The number of ether oxygens (including phenoxy) is 1. The molecule has 0 radical (unpaired) electrons. The van der Waals surface area contributed by atoms with Gasteiger partial charge >= 0.3 is 5.91 Å². The van der Waals surface area contributed by atoms with Gasteiger partial charge in [-0.25, -0.2) is 0 Å². The topological polar surface area (TPSA) is 53.1 Å². The van der Waals surface area contributed by atoms with Gasteiger partial charge in [0, 0.05) is 38.3 Å². The Bertz CT molecular complexity index is 904. The first-order valence-electron chi connectivity index (χ1n) is 9.60. The zero-order valence-corrected chi connectivity index (χ0v) is 16.4. The monoisotopic (exact) mass is 379 g/mol. The zero-order valence-electron chi connectivity index (χ0n) is 16.4. The lowest BCUT2D eigenvalue weighted by Crippen LogP contribution is -2.50. The Morgan fingerprint density at radius 1 is 0.964 bits per heavy atom. The third kappa shape index (κ3) is 3.53. The minimum absolute atomic E-state index is 0.402. The minimum Gasteiger partial charge on any atom is -0.496 e. The normalized spacial score (nSPS) is 17.9. The molecule has 1 saturated heterocycles. The molecule has 1 amide bonds. The minimum atomic E-state index is -0.423. The van der Waals surface area contributed by atoms with Crippen LogP contribution in [0.15, 0.2) is 42.5 Å². The number of aryl methyl sites for hydroxylation is 1. The number of carbonyl (C=O) groups is 2. The fourth-order valence-electron chi connectivity index (χ4n) is 3.95. The maximum atomic E-state index is 12.4. The molecule has 2 aliphatic rings. The molecule has 0 saturated carbocycles. The van der Waals surface area contributed by atoms with E-state index in [0.717, 1.165) is 44.2 Å². The first-order chi connectivity index (χ1) is 13.6. The van der Waals surface area contributed by atoms with Crippen LogP contribution < -0.4 is 9.64 Å². The van der Waals surface area contributed by atoms with E-state index in [1.54, 1.807) is 24.1 Å². The van der Waals surface area contributed by atoms with Crippen molar-refractivity contribution in [3.63, 3.8) is 0 Å². The summed E-state index contributed by atoms with van der Waals surface area (Å²) in [6.07, 6.45) is 0. The molecular weight excluding hydrogens is 354 g/mol. The van der Waals surface area contributed by atoms with Crippen LogP contribution in [0.1, 0.15) is 21.5 Å². The van der Waals surface area contributed by atoms with E-state index in [1.165, 1.54) is 11.1 Å². The molecule has 2 aromatic carbocycles. The van der Waals surface area contributed by atoms with Gasteiger partial charge in [0.05, 0.1) is 25.0 Å². The second-order valence-corrected chi connectivity index (χ2v) is 7.43. The van der Waals surface area contributed by atoms with Gasteiger partial charge in [0.2, 0.25) is 0 Å². The first-order valence-corrected chi connectivity index (χ1v) is 9.60. The molecule has 6 nitrogen and oxygen atoms in total. The molecule has 0 aromatic heterocycles. The number of hydrogen-bond donors (Lipinski definition) is 0. The molecule has 2 heterocycles. The van der Waals surface area contributed by atoms with Gasteiger partial charge in [-0.3, -0.25) is 24.3 Å². The molecular formula is C22H25N3O3. The number of para-hydroxylation sites is 1. The zero-order chi connectivity index (χ0) is 19.7. The van der Waals surface area contributed by atoms with Crippen LogP contribution in [0.25, 0.3) is 0 Å². The predicted molar refractivity (Wildman–Crippen MR) is 108 cm³/mol. The van der Waals surface area contributed by atoms with Crippen LogP contribution in [0, 0.1) is 6.92 Å². The molecule has 2 aliphatic heterocycles. The van der Waals surface area contributed by atoms with E-state index in [0.29, 0.717) is 12.2 Å². The molecule has 146 valence electrons. The van der Waals surface area contributed by atoms with Crippen LogP contribution in [0.4, 0.5) is 5.69 Å². The summed E-state index contributed by atoms with van der Waals surface area (Å²) < 4.78 is 5.49. The number of Topliss-reactive ketones (excluding diaryl/α,β-unsaturated/α-hetero) is 1. The summed E-state index contributed by atoms with van der Waals surface area (Å²) >= 11 is 0. The van der Waals surface area contributed by atoms with Crippen molar-refractivity contribution < 1.29 is 14.3 Å². The average Bonchev–Trinajstić information content (AvgIpc) is 2.95. The van der Waals surface area contributed by atoms with Gasteiger partial charge in [0.1, 0.15) is 5.75 Å². The number of benzene rings is 2. The van der Waals surface area contributed by atoms with Gasteiger partial charge in [-0.15, -0.1) is 0 Å². The number of ketones is 1. The van der Waals surface area contributed by atoms with Gasteiger partial charge in [-0.2, -0.15) is 0 Å². The Hall–Kier alpha value is -2.70. The Kier molecular flexibility index (Phi) is 5.15. The van der Waals surface area contributed by atoms with Crippen molar-refractivity contribution >= 4 is 17.4 Å². The van der Waals surface area contributed by atoms with Crippen LogP contribution >= 0.6 is 0 Å². The van der Waals surface area contributed by atoms with Gasteiger partial charge in [-0.1, -0.05) is 29.8 Å². The molecule has 6 heteroatoms. The molecule has 0 N–H and O–H groups in total. The van der Waals surface area contributed by atoms with E-state index >= 15 is 0 Å². The maximum Gasteiger partial charge on any atom is 0.300 e. The van der Waals surface area contributed by atoms with Gasteiger partial charge < -0.3 is 4.74 Å². The van der Waals surface area contributed by atoms with Gasteiger partial charge in [-0.05, 0) is 25.1 Å². The van der Waals surface area contributed by atoms with Gasteiger partial charge in [0.15, 0.2) is 0 Å². The van der Waals surface area contributed by atoms with E-state index in [1.807, 2.05) is 18.2 Å². The highest BCUT2D eigenvalue weighted by atomic mass is 16.5. The fraction of sp³-hybridized carbons (Fsp3) is 0.364. The number of fused-ring (bicyclic) bond motifs is 1. The van der Waals surface area contributed by atoms with E-state index in [4.69, 9.17) is 4.74 Å². The second-order valence-electron chi connectivity index (χ2n) is 7.43. The highest BCUT2D eigenvalue weighted by molar-refractivity contribution is 6.52. The SMILES string of the molecule is COc1ccc(C)cc1CN1CCN(CN2C(=O)C(=O)c3ccccc32)CC1. The van der Waals surface area contributed by atoms with Crippen molar-refractivity contribution in [1.82, 2.24) is 9.80 Å². The molecule has 0 spiro atoms. The Balaban J connectivity index is 1.37. The third-order valence-corrected chi connectivity index (χ3v) is 5.52. The number of anilines is 1. The summed E-state index contributed by atoms with van der Waals surface area (Å²) in [5.74, 6) is 0.0970. The summed E-state index contributed by atoms with van der Waals surface area (Å²) in [4.78, 5) is 30.8. The molecule has 0 bridgehead atoms. The fourth-order valence-corrected chi connectivity index (χ4v) is 3.95. The van der Waals surface area contributed by atoms with Crippen molar-refractivity contribution in [3.8, 4) is 5.75 Å². The summed E-state index contributed by atoms with van der Waals surface area (Å²) in [5, 5.41) is 0. The second kappa shape index (κ2) is 7.73. The molecule has 2 aromatic rings. The standard InChI is InChI=1S/C22H25N3O3/c1-16-7-8-20(28-2)17(13-16)14-23-9-11-24(12-10-23)15-25-19-6-4-3-5-18(19)21(26)22(25)27/h3-8,13H,9-12,14-15H2,1-2H3. The number of amides is 1. The van der Waals surface area contributed by atoms with Crippen molar-refractivity contribution in [1.29, 1.82) is 0 Å². The van der Waals surface area contributed by atoms with Crippen LogP contribution in [-0.2, 0) is 11.3 Å². The predicted octanol–water partition coefficient (Wildman–Crippen LogP) is 2.31. The van der Waals surface area contributed by atoms with Crippen LogP contribution in [0.5, 0.6) is 5.75 Å². The summed E-state index contributed by atoms with van der Waals surface area (Å²) in [5.41, 5.74) is 3.66. The van der Waals surface area contributed by atoms with E-state index in [9.17, 15) is 9.59 Å². The lowest BCUT2D eigenvalue weighted by atomic mass is 10.1. The van der Waals surface area contributed by atoms with Crippen molar-refractivity contribution in [2.75, 3.05) is 44.9 Å². The number of piperazine rings is 1. The smallest absolute Gasteiger partial charge is 0.300 e. The lowest BCUT2D eigenvalue weighted by Gasteiger charge is -2.36. The maximum absolute atomic E-state index is 12.4. The molecule has 0 atom stereocenters. The van der Waals surface area contributed by atoms with Crippen molar-refractivity contribution in [2.45, 2.75) is 13.5 Å². The highest BCUT2D eigenvalue weighted by Gasteiger charge is 2.36. The van der Waals surface area contributed by atoms with Crippen LogP contribution in [0.2, 0.25) is 0 Å². The molecule has 1 fully saturated rings. The average molecular weight is 379 g/mol. The summed E-state index contributed by atoms with van der Waals surface area (Å²) in [6.45, 7) is 6.94. The Morgan fingerprint density at radius 3 is 2.43 bits per heavy atom. The number of hydrogen-bond acceptors (Lipinski definition) is 5. The Morgan fingerprint density at radius 2 is 1.68 bits per heavy atom. The summed E-state index contributed by atoms with van der Waals surface area (Å²) in [6, 6.07) is 13.5. The quantitative estimate of drug-likeness (QED) is 0.747. The van der Waals surface area contributed by atoms with Crippen molar-refractivity contribution in [3.05, 3.63) is 59.2 Å². The molecule has 28 heavy (non-hydrogen) atoms. The van der Waals surface area contributed by atoms with E-state index in [-0.39, 0.29) is 0 Å². The van der Waals surface area contributed by atoms with Crippen molar-refractivity contribution in [2.24, 2.45) is 0 Å². The first kappa shape index (κ1) is 18.7. The summed E-state index contributed by atoms with van der Waals surface area (Å²) in [7, 11) is 1.71. The highest BCUT2D eigenvalue weighted by Crippen LogP contribution is 2.29. The lowest BCUT2D eigenvalue weighted by molar-refractivity contribution is -0.114.